The zero-order valence-electron chi connectivity index (χ0n) is 9.25. The Labute approximate surface area is 102 Å². The van der Waals surface area contributed by atoms with E-state index >= 15 is 0 Å². The Hall–Kier alpha value is -2.63. The first-order valence-corrected chi connectivity index (χ1v) is 5.35. The first kappa shape index (κ1) is 10.5. The largest absolute Gasteiger partial charge is 0.477 e. The van der Waals surface area contributed by atoms with Gasteiger partial charge in [-0.25, -0.2) is 9.78 Å². The van der Waals surface area contributed by atoms with Gasteiger partial charge in [0.15, 0.2) is 5.69 Å². The predicted octanol–water partition coefficient (Wildman–Crippen LogP) is 1.05. The summed E-state index contributed by atoms with van der Waals surface area (Å²) in [7, 11) is 0. The van der Waals surface area contributed by atoms with Crippen molar-refractivity contribution < 1.29 is 9.90 Å². The van der Waals surface area contributed by atoms with Gasteiger partial charge >= 0.3 is 5.97 Å². The van der Waals surface area contributed by atoms with Crippen molar-refractivity contribution >= 4 is 17.6 Å². The number of hydrogen-bond acceptors (Lipinski definition) is 4. The Kier molecular flexibility index (Phi) is 2.16. The number of nitrogens with one attached hydrogen (secondary N) is 1. The third kappa shape index (κ3) is 1.55. The van der Waals surface area contributed by atoms with E-state index in [1.54, 1.807) is 0 Å². The van der Waals surface area contributed by atoms with Gasteiger partial charge in [-0.2, -0.15) is 0 Å². The van der Waals surface area contributed by atoms with Crippen molar-refractivity contribution in [2.24, 2.45) is 0 Å². The molecule has 3 rings (SSSR count). The SMILES string of the molecule is O=C(O)c1cc(=O)n2c(n1)Nc1ccccc1C2. The summed E-state index contributed by atoms with van der Waals surface area (Å²) >= 11 is 0. The maximum absolute atomic E-state index is 11.8. The van der Waals surface area contributed by atoms with Crippen molar-refractivity contribution in [3.8, 4) is 0 Å². The van der Waals surface area contributed by atoms with Crippen molar-refractivity contribution in [3.05, 3.63) is 51.9 Å². The highest BCUT2D eigenvalue weighted by Gasteiger charge is 2.18. The van der Waals surface area contributed by atoms with E-state index in [2.05, 4.69) is 10.3 Å². The van der Waals surface area contributed by atoms with Crippen molar-refractivity contribution in [1.82, 2.24) is 9.55 Å². The van der Waals surface area contributed by atoms with Crippen LogP contribution in [0.1, 0.15) is 16.1 Å². The van der Waals surface area contributed by atoms with Crippen LogP contribution < -0.4 is 10.9 Å². The normalized spacial score (nSPS) is 12.2. The van der Waals surface area contributed by atoms with Crippen LogP contribution in [-0.2, 0) is 6.54 Å². The van der Waals surface area contributed by atoms with E-state index in [1.165, 1.54) is 4.57 Å². The van der Waals surface area contributed by atoms with Crippen LogP contribution in [0.4, 0.5) is 11.6 Å². The van der Waals surface area contributed by atoms with Crippen molar-refractivity contribution in [2.75, 3.05) is 5.32 Å². The van der Waals surface area contributed by atoms with Gasteiger partial charge in [-0.1, -0.05) is 18.2 Å². The number of nitrogens with zero attached hydrogens (tertiary/aromatic N) is 2. The number of aromatic nitrogens is 2. The lowest BCUT2D eigenvalue weighted by Gasteiger charge is -2.21. The van der Waals surface area contributed by atoms with Crippen molar-refractivity contribution in [1.29, 1.82) is 0 Å². The van der Waals surface area contributed by atoms with E-state index in [0.29, 0.717) is 6.54 Å². The topological polar surface area (TPSA) is 84.2 Å². The monoisotopic (exact) mass is 243 g/mol. The fraction of sp³-hybridized carbons (Fsp3) is 0.0833. The van der Waals surface area contributed by atoms with Crippen LogP contribution >= 0.6 is 0 Å². The zero-order chi connectivity index (χ0) is 12.7. The van der Waals surface area contributed by atoms with E-state index in [0.717, 1.165) is 17.3 Å². The summed E-state index contributed by atoms with van der Waals surface area (Å²) in [5.74, 6) is -0.949. The highest BCUT2D eigenvalue weighted by Crippen LogP contribution is 2.25. The lowest BCUT2D eigenvalue weighted by atomic mass is 10.1. The van der Waals surface area contributed by atoms with E-state index < -0.39 is 5.97 Å². The summed E-state index contributed by atoms with van der Waals surface area (Å²) in [6, 6.07) is 8.54. The molecule has 0 amide bonds. The molecule has 1 aromatic heterocycles. The lowest BCUT2D eigenvalue weighted by molar-refractivity contribution is 0.0690. The average molecular weight is 243 g/mol. The second-order valence-electron chi connectivity index (χ2n) is 3.98. The molecule has 0 atom stereocenters. The maximum Gasteiger partial charge on any atom is 0.354 e. The number of carbonyl (C=O) groups is 1. The molecular formula is C12H9N3O3. The smallest absolute Gasteiger partial charge is 0.354 e. The van der Waals surface area contributed by atoms with Crippen LogP contribution in [-0.4, -0.2) is 20.6 Å². The van der Waals surface area contributed by atoms with Crippen molar-refractivity contribution in [3.63, 3.8) is 0 Å². The number of carboxylic acid groups (broad SMARTS) is 1. The zero-order valence-corrected chi connectivity index (χ0v) is 9.25. The molecule has 1 aliphatic rings. The first-order valence-electron chi connectivity index (χ1n) is 5.35. The molecule has 0 spiro atoms. The van der Waals surface area contributed by atoms with Gasteiger partial charge in [0.2, 0.25) is 5.95 Å². The van der Waals surface area contributed by atoms with Crippen LogP contribution in [0.25, 0.3) is 0 Å². The Morgan fingerprint density at radius 2 is 2.17 bits per heavy atom. The number of carboxylic acids is 1. The predicted molar refractivity (Wildman–Crippen MR) is 64.3 cm³/mol. The molecule has 0 unspecified atom stereocenters. The molecule has 18 heavy (non-hydrogen) atoms. The van der Waals surface area contributed by atoms with Crippen LogP contribution in [0.15, 0.2) is 35.1 Å². The fourth-order valence-corrected chi connectivity index (χ4v) is 1.93. The summed E-state index contributed by atoms with van der Waals surface area (Å²) in [5.41, 5.74) is 1.18. The molecule has 6 heteroatoms. The lowest BCUT2D eigenvalue weighted by Crippen LogP contribution is -2.29. The van der Waals surface area contributed by atoms with Crippen molar-refractivity contribution in [2.45, 2.75) is 6.54 Å². The fourth-order valence-electron chi connectivity index (χ4n) is 1.93. The molecule has 0 bridgehead atoms. The van der Waals surface area contributed by atoms with Gasteiger partial charge in [-0.05, 0) is 11.6 Å². The Morgan fingerprint density at radius 3 is 2.94 bits per heavy atom. The number of aromatic carboxylic acids is 1. The third-order valence-electron chi connectivity index (χ3n) is 2.82. The first-order chi connectivity index (χ1) is 8.65. The average Bonchev–Trinajstić information content (AvgIpc) is 2.36. The van der Waals surface area contributed by atoms with Gasteiger partial charge in [0.05, 0.1) is 6.54 Å². The Balaban J connectivity index is 2.16. The second-order valence-corrected chi connectivity index (χ2v) is 3.98. The quantitative estimate of drug-likeness (QED) is 0.667. The minimum absolute atomic E-state index is 0.252. The second kappa shape index (κ2) is 3.69. The van der Waals surface area contributed by atoms with Crippen LogP contribution in [0, 0.1) is 0 Å². The van der Waals surface area contributed by atoms with E-state index in [9.17, 15) is 9.59 Å². The van der Waals surface area contributed by atoms with Crippen LogP contribution in [0.2, 0.25) is 0 Å². The molecule has 0 saturated carbocycles. The maximum atomic E-state index is 11.8. The molecule has 0 radical (unpaired) electrons. The summed E-state index contributed by atoms with van der Waals surface area (Å²) < 4.78 is 1.41. The molecular weight excluding hydrogens is 234 g/mol. The molecule has 2 aromatic rings. The number of anilines is 2. The standard InChI is InChI=1S/C12H9N3O3/c16-10-5-9(11(17)18)14-12-13-8-4-2-1-3-7(8)6-15(10)12/h1-5H,6H2,(H,13,14)(H,17,18). The number of para-hydroxylation sites is 1. The van der Waals surface area contributed by atoms with Gasteiger partial charge in [0, 0.05) is 11.8 Å². The Bertz CT molecular complexity index is 706. The van der Waals surface area contributed by atoms with Gasteiger partial charge in [0.1, 0.15) is 0 Å². The van der Waals surface area contributed by atoms with Crippen LogP contribution in [0.3, 0.4) is 0 Å². The molecule has 0 aliphatic carbocycles. The summed E-state index contributed by atoms with van der Waals surface area (Å²) in [6.07, 6.45) is 0. The summed E-state index contributed by atoms with van der Waals surface area (Å²) in [6.45, 7) is 0.393. The molecule has 2 N–H and O–H groups in total. The number of hydrogen-bond donors (Lipinski definition) is 2. The number of rotatable bonds is 1. The van der Waals surface area contributed by atoms with Gasteiger partial charge in [0.25, 0.3) is 5.56 Å². The number of fused-ring (bicyclic) bond motifs is 2. The Morgan fingerprint density at radius 1 is 1.39 bits per heavy atom. The molecule has 1 aliphatic heterocycles. The van der Waals surface area contributed by atoms with E-state index in [4.69, 9.17) is 5.11 Å². The van der Waals surface area contributed by atoms with Gasteiger partial charge in [-0.15, -0.1) is 0 Å². The van der Waals surface area contributed by atoms with E-state index in [-0.39, 0.29) is 17.2 Å². The van der Waals surface area contributed by atoms with Gasteiger partial charge < -0.3 is 10.4 Å². The summed E-state index contributed by atoms with van der Waals surface area (Å²) in [4.78, 5) is 26.6. The minimum atomic E-state index is -1.21. The molecule has 90 valence electrons. The third-order valence-corrected chi connectivity index (χ3v) is 2.82. The molecule has 6 nitrogen and oxygen atoms in total. The molecule has 2 heterocycles. The number of benzene rings is 1. The highest BCUT2D eigenvalue weighted by atomic mass is 16.4. The van der Waals surface area contributed by atoms with Crippen LogP contribution in [0.5, 0.6) is 0 Å². The summed E-state index contributed by atoms with van der Waals surface area (Å²) in [5, 5.41) is 11.8. The molecule has 0 saturated heterocycles. The molecule has 0 fully saturated rings. The minimum Gasteiger partial charge on any atom is -0.477 e. The molecule has 1 aromatic carbocycles. The highest BCUT2D eigenvalue weighted by molar-refractivity contribution is 5.85. The van der Waals surface area contributed by atoms with E-state index in [1.807, 2.05) is 24.3 Å². The van der Waals surface area contributed by atoms with Gasteiger partial charge in [-0.3, -0.25) is 9.36 Å².